The number of pyridine rings is 1. The molecule has 0 saturated heterocycles. The lowest BCUT2D eigenvalue weighted by atomic mass is 10.0. The second kappa shape index (κ2) is 8.25. The van der Waals surface area contributed by atoms with Crippen molar-refractivity contribution in [2.24, 2.45) is 5.92 Å². The number of hydrogen-bond donors (Lipinski definition) is 2. The molecule has 0 fully saturated rings. The molecule has 0 spiro atoms. The van der Waals surface area contributed by atoms with E-state index in [9.17, 15) is 4.79 Å². The Labute approximate surface area is 139 Å². The second-order valence-electron chi connectivity index (χ2n) is 5.48. The molecule has 2 aromatic heterocycles. The zero-order valence-electron chi connectivity index (χ0n) is 13.1. The summed E-state index contributed by atoms with van der Waals surface area (Å²) in [5.74, 6) is 0.167. The lowest BCUT2D eigenvalue weighted by molar-refractivity contribution is -0.121. The maximum atomic E-state index is 12.2. The molecule has 0 aliphatic heterocycles. The quantitative estimate of drug-likeness (QED) is 0.762. The van der Waals surface area contributed by atoms with Gasteiger partial charge >= 0.3 is 0 Å². The van der Waals surface area contributed by atoms with Crippen LogP contribution in [0.25, 0.3) is 11.3 Å². The van der Waals surface area contributed by atoms with Gasteiger partial charge in [-0.1, -0.05) is 13.8 Å². The van der Waals surface area contributed by atoms with Crippen molar-refractivity contribution in [3.8, 4) is 17.3 Å². The van der Waals surface area contributed by atoms with Crippen molar-refractivity contribution in [1.82, 2.24) is 15.3 Å². The molecular formula is C16H19N5OS. The first-order chi connectivity index (χ1) is 11.1. The number of hydrogen-bond acceptors (Lipinski definition) is 6. The van der Waals surface area contributed by atoms with Crippen molar-refractivity contribution in [1.29, 1.82) is 5.26 Å². The van der Waals surface area contributed by atoms with Gasteiger partial charge in [-0.3, -0.25) is 9.78 Å². The maximum absolute atomic E-state index is 12.2. The standard InChI is InChI=1S/C16H19N5OS/c1-11(2)9-13(15(22)19-8-5-17)20-16-21-14(10-23-16)12-3-6-18-7-4-12/h3-4,6-7,10-11,13H,8-9H2,1-2H3,(H,19,22)(H,20,21)/t13-/m0/s1. The first-order valence-corrected chi connectivity index (χ1v) is 8.25. The lowest BCUT2D eigenvalue weighted by Crippen LogP contribution is -2.40. The number of nitrogens with zero attached hydrogens (tertiary/aromatic N) is 3. The van der Waals surface area contributed by atoms with Crippen LogP contribution in [0.1, 0.15) is 20.3 Å². The van der Waals surface area contributed by atoms with Crippen LogP contribution in [0.4, 0.5) is 5.13 Å². The van der Waals surface area contributed by atoms with Gasteiger partial charge in [0.2, 0.25) is 5.91 Å². The second-order valence-corrected chi connectivity index (χ2v) is 6.33. The highest BCUT2D eigenvalue weighted by Gasteiger charge is 2.20. The summed E-state index contributed by atoms with van der Waals surface area (Å²) in [6.45, 7) is 4.11. The SMILES string of the molecule is CC(C)C[C@H](Nc1nc(-c2ccncc2)cs1)C(=O)NCC#N. The summed E-state index contributed by atoms with van der Waals surface area (Å²) < 4.78 is 0. The van der Waals surface area contributed by atoms with Crippen LogP contribution in [0, 0.1) is 17.2 Å². The number of aromatic nitrogens is 2. The summed E-state index contributed by atoms with van der Waals surface area (Å²) in [6.07, 6.45) is 4.11. The molecule has 0 aromatic carbocycles. The molecule has 0 aliphatic carbocycles. The van der Waals surface area contributed by atoms with E-state index >= 15 is 0 Å². The molecule has 6 nitrogen and oxygen atoms in total. The Kier molecular flexibility index (Phi) is 6.06. The van der Waals surface area contributed by atoms with E-state index in [4.69, 9.17) is 5.26 Å². The molecule has 2 aromatic rings. The molecule has 1 amide bonds. The Morgan fingerprint density at radius 1 is 1.39 bits per heavy atom. The predicted octanol–water partition coefficient (Wildman–Crippen LogP) is 2.67. The van der Waals surface area contributed by atoms with Crippen molar-refractivity contribution >= 4 is 22.4 Å². The largest absolute Gasteiger partial charge is 0.350 e. The van der Waals surface area contributed by atoms with Crippen LogP contribution in [0.2, 0.25) is 0 Å². The Morgan fingerprint density at radius 3 is 2.78 bits per heavy atom. The molecule has 0 radical (unpaired) electrons. The smallest absolute Gasteiger partial charge is 0.243 e. The van der Waals surface area contributed by atoms with Crippen molar-refractivity contribution in [3.63, 3.8) is 0 Å². The third-order valence-corrected chi connectivity index (χ3v) is 3.92. The Morgan fingerprint density at radius 2 is 2.13 bits per heavy atom. The molecule has 120 valence electrons. The average molecular weight is 329 g/mol. The Bertz CT molecular complexity index is 677. The van der Waals surface area contributed by atoms with Crippen molar-refractivity contribution in [2.75, 3.05) is 11.9 Å². The molecule has 0 aliphatic rings. The predicted molar refractivity (Wildman–Crippen MR) is 90.8 cm³/mol. The summed E-state index contributed by atoms with van der Waals surface area (Å²) in [5, 5.41) is 17.0. The summed E-state index contributed by atoms with van der Waals surface area (Å²) in [4.78, 5) is 20.7. The zero-order valence-corrected chi connectivity index (χ0v) is 13.9. The van der Waals surface area contributed by atoms with E-state index in [0.717, 1.165) is 11.3 Å². The number of anilines is 1. The van der Waals surface area contributed by atoms with Gasteiger partial charge < -0.3 is 10.6 Å². The molecule has 1 atom stereocenters. The summed E-state index contributed by atoms with van der Waals surface area (Å²) in [6, 6.07) is 5.30. The molecule has 2 rings (SSSR count). The van der Waals surface area contributed by atoms with Crippen LogP contribution in [-0.2, 0) is 4.79 Å². The Hall–Kier alpha value is -2.46. The molecule has 0 saturated carbocycles. The van der Waals surface area contributed by atoms with E-state index in [0.29, 0.717) is 17.5 Å². The zero-order chi connectivity index (χ0) is 16.7. The lowest BCUT2D eigenvalue weighted by Gasteiger charge is -2.18. The number of rotatable bonds is 7. The van der Waals surface area contributed by atoms with Crippen LogP contribution >= 0.6 is 11.3 Å². The number of nitrogens with one attached hydrogen (secondary N) is 2. The normalized spacial score (nSPS) is 11.7. The molecule has 2 heterocycles. The van der Waals surface area contributed by atoms with E-state index in [-0.39, 0.29) is 12.5 Å². The topological polar surface area (TPSA) is 90.7 Å². The van der Waals surface area contributed by atoms with E-state index in [1.54, 1.807) is 12.4 Å². The van der Waals surface area contributed by atoms with Crippen LogP contribution in [-0.4, -0.2) is 28.5 Å². The fraction of sp³-hybridized carbons (Fsp3) is 0.375. The van der Waals surface area contributed by atoms with Gasteiger partial charge in [0.05, 0.1) is 11.8 Å². The van der Waals surface area contributed by atoms with Crippen LogP contribution in [0.3, 0.4) is 0 Å². The maximum Gasteiger partial charge on any atom is 0.243 e. The third-order valence-electron chi connectivity index (χ3n) is 3.14. The molecule has 23 heavy (non-hydrogen) atoms. The van der Waals surface area contributed by atoms with Gasteiger partial charge in [0.1, 0.15) is 12.6 Å². The van der Waals surface area contributed by atoms with Gasteiger partial charge in [0.25, 0.3) is 0 Å². The first kappa shape index (κ1) is 16.9. The highest BCUT2D eigenvalue weighted by Crippen LogP contribution is 2.25. The fourth-order valence-corrected chi connectivity index (χ4v) is 2.87. The van der Waals surface area contributed by atoms with Gasteiger partial charge in [-0.15, -0.1) is 11.3 Å². The minimum atomic E-state index is -0.403. The first-order valence-electron chi connectivity index (χ1n) is 7.37. The van der Waals surface area contributed by atoms with E-state index < -0.39 is 6.04 Å². The van der Waals surface area contributed by atoms with Crippen LogP contribution < -0.4 is 10.6 Å². The van der Waals surface area contributed by atoms with E-state index in [1.807, 2.05) is 23.6 Å². The van der Waals surface area contributed by atoms with Gasteiger partial charge in [0.15, 0.2) is 5.13 Å². The van der Waals surface area contributed by atoms with Crippen molar-refractivity contribution in [2.45, 2.75) is 26.3 Å². The Balaban J connectivity index is 2.09. The van der Waals surface area contributed by atoms with Crippen LogP contribution in [0.15, 0.2) is 29.9 Å². The highest BCUT2D eigenvalue weighted by molar-refractivity contribution is 7.14. The van der Waals surface area contributed by atoms with E-state index in [2.05, 4.69) is 34.4 Å². The van der Waals surface area contributed by atoms with Crippen molar-refractivity contribution in [3.05, 3.63) is 29.9 Å². The third kappa shape index (κ3) is 5.04. The molecule has 0 bridgehead atoms. The minimum Gasteiger partial charge on any atom is -0.350 e. The average Bonchev–Trinajstić information content (AvgIpc) is 3.01. The van der Waals surface area contributed by atoms with E-state index in [1.165, 1.54) is 11.3 Å². The molecule has 2 N–H and O–H groups in total. The number of nitriles is 1. The number of amides is 1. The minimum absolute atomic E-state index is 0.00917. The number of thiazole rings is 1. The summed E-state index contributed by atoms with van der Waals surface area (Å²) in [7, 11) is 0. The highest BCUT2D eigenvalue weighted by atomic mass is 32.1. The monoisotopic (exact) mass is 329 g/mol. The fourth-order valence-electron chi connectivity index (χ4n) is 2.10. The molecular weight excluding hydrogens is 310 g/mol. The number of carbonyl (C=O) groups is 1. The molecule has 0 unspecified atom stereocenters. The summed E-state index contributed by atoms with van der Waals surface area (Å²) in [5.41, 5.74) is 1.83. The van der Waals surface area contributed by atoms with Gasteiger partial charge in [-0.25, -0.2) is 4.98 Å². The number of carbonyl (C=O) groups excluding carboxylic acids is 1. The van der Waals surface area contributed by atoms with Gasteiger partial charge in [-0.2, -0.15) is 5.26 Å². The molecule has 7 heteroatoms. The summed E-state index contributed by atoms with van der Waals surface area (Å²) >= 11 is 1.45. The van der Waals surface area contributed by atoms with Gasteiger partial charge in [-0.05, 0) is 24.5 Å². The van der Waals surface area contributed by atoms with Gasteiger partial charge in [0, 0.05) is 23.3 Å². The van der Waals surface area contributed by atoms with Crippen LogP contribution in [0.5, 0.6) is 0 Å². The van der Waals surface area contributed by atoms with Crippen molar-refractivity contribution < 1.29 is 4.79 Å².